The summed E-state index contributed by atoms with van der Waals surface area (Å²) in [4.78, 5) is 4.22. The molecular formula is C13H21N3S. The van der Waals surface area contributed by atoms with Gasteiger partial charge in [-0.1, -0.05) is 13.8 Å². The van der Waals surface area contributed by atoms with Gasteiger partial charge in [0.05, 0.1) is 0 Å². The van der Waals surface area contributed by atoms with E-state index in [1.807, 2.05) is 12.1 Å². The van der Waals surface area contributed by atoms with Gasteiger partial charge in [-0.15, -0.1) is 11.3 Å². The number of nitriles is 1. The molecule has 0 saturated heterocycles. The van der Waals surface area contributed by atoms with Crippen molar-refractivity contribution in [2.45, 2.75) is 26.4 Å². The molecule has 1 atom stereocenters. The number of hydrogen-bond acceptors (Lipinski definition) is 4. The minimum atomic E-state index is 0.484. The summed E-state index contributed by atoms with van der Waals surface area (Å²) in [5.41, 5.74) is 0. The number of nitrogens with zero attached hydrogens (tertiary/aromatic N) is 2. The average Bonchev–Trinajstić information content (AvgIpc) is 2.71. The fourth-order valence-corrected chi connectivity index (χ4v) is 2.42. The van der Waals surface area contributed by atoms with E-state index in [0.29, 0.717) is 12.0 Å². The third-order valence-electron chi connectivity index (χ3n) is 2.68. The normalized spacial score (nSPS) is 13.0. The quantitative estimate of drug-likeness (QED) is 0.843. The third kappa shape index (κ3) is 4.86. The molecule has 0 saturated carbocycles. The van der Waals surface area contributed by atoms with E-state index >= 15 is 0 Å². The summed E-state index contributed by atoms with van der Waals surface area (Å²) in [6, 6.07) is 6.57. The second kappa shape index (κ2) is 6.75. The Bertz CT molecular complexity index is 376. The zero-order valence-electron chi connectivity index (χ0n) is 11.0. The predicted molar refractivity (Wildman–Crippen MR) is 73.1 cm³/mol. The van der Waals surface area contributed by atoms with Crippen molar-refractivity contribution < 1.29 is 0 Å². The fraction of sp³-hybridized carbons (Fsp3) is 0.615. The first-order valence-electron chi connectivity index (χ1n) is 5.90. The lowest BCUT2D eigenvalue weighted by molar-refractivity contribution is 0.288. The molecule has 1 rings (SSSR count). The van der Waals surface area contributed by atoms with Gasteiger partial charge in [0.2, 0.25) is 0 Å². The van der Waals surface area contributed by atoms with Gasteiger partial charge < -0.3 is 10.2 Å². The maximum atomic E-state index is 8.77. The average molecular weight is 251 g/mol. The molecule has 0 fully saturated rings. The van der Waals surface area contributed by atoms with E-state index in [1.165, 1.54) is 4.88 Å². The van der Waals surface area contributed by atoms with E-state index in [2.05, 4.69) is 44.2 Å². The van der Waals surface area contributed by atoms with E-state index in [1.54, 1.807) is 11.3 Å². The molecule has 94 valence electrons. The molecule has 1 aromatic rings. The maximum Gasteiger partial charge on any atom is 0.110 e. The number of nitrogens with one attached hydrogen (secondary N) is 1. The first-order chi connectivity index (χ1) is 8.02. The van der Waals surface area contributed by atoms with Crippen LogP contribution in [0.4, 0.5) is 0 Å². The molecule has 0 aliphatic carbocycles. The predicted octanol–water partition coefficient (Wildman–Crippen LogP) is 2.30. The van der Waals surface area contributed by atoms with Crippen LogP contribution in [0.1, 0.15) is 23.6 Å². The highest BCUT2D eigenvalue weighted by Gasteiger charge is 2.13. The van der Waals surface area contributed by atoms with Gasteiger partial charge in [0, 0.05) is 24.0 Å². The molecule has 1 unspecified atom stereocenters. The second-order valence-corrected chi connectivity index (χ2v) is 6.04. The summed E-state index contributed by atoms with van der Waals surface area (Å²) in [5.74, 6) is 0.604. The van der Waals surface area contributed by atoms with Gasteiger partial charge in [-0.3, -0.25) is 0 Å². The Morgan fingerprint density at radius 1 is 1.41 bits per heavy atom. The van der Waals surface area contributed by atoms with Gasteiger partial charge in [0.15, 0.2) is 0 Å². The number of rotatable bonds is 6. The van der Waals surface area contributed by atoms with E-state index in [0.717, 1.165) is 18.0 Å². The van der Waals surface area contributed by atoms with Gasteiger partial charge >= 0.3 is 0 Å². The zero-order valence-corrected chi connectivity index (χ0v) is 11.8. The Morgan fingerprint density at radius 2 is 2.12 bits per heavy atom. The van der Waals surface area contributed by atoms with Crippen LogP contribution in [-0.4, -0.2) is 31.6 Å². The number of thiophene rings is 1. The van der Waals surface area contributed by atoms with Crippen molar-refractivity contribution in [1.29, 1.82) is 5.26 Å². The number of hydrogen-bond donors (Lipinski definition) is 1. The SMILES string of the molecule is CC(C)C(CN(C)C)NCc1ccc(C#N)s1. The van der Waals surface area contributed by atoms with Crippen molar-refractivity contribution in [3.8, 4) is 6.07 Å². The van der Waals surface area contributed by atoms with Crippen LogP contribution >= 0.6 is 11.3 Å². The molecule has 3 nitrogen and oxygen atoms in total. The van der Waals surface area contributed by atoms with Gasteiger partial charge in [0.1, 0.15) is 10.9 Å². The van der Waals surface area contributed by atoms with Gasteiger partial charge in [0.25, 0.3) is 0 Å². The van der Waals surface area contributed by atoms with Crippen LogP contribution in [0.25, 0.3) is 0 Å². The minimum absolute atomic E-state index is 0.484. The Kier molecular flexibility index (Phi) is 5.63. The summed E-state index contributed by atoms with van der Waals surface area (Å²) in [5, 5.41) is 12.3. The summed E-state index contributed by atoms with van der Waals surface area (Å²) in [6.45, 7) is 6.35. The Balaban J connectivity index is 2.49. The van der Waals surface area contributed by atoms with Crippen molar-refractivity contribution in [1.82, 2.24) is 10.2 Å². The Hall–Kier alpha value is -0.890. The molecule has 17 heavy (non-hydrogen) atoms. The molecule has 0 spiro atoms. The Labute approximate surface area is 108 Å². The van der Waals surface area contributed by atoms with Gasteiger partial charge in [-0.2, -0.15) is 5.26 Å². The smallest absolute Gasteiger partial charge is 0.110 e. The molecule has 0 bridgehead atoms. The fourth-order valence-electron chi connectivity index (χ4n) is 1.67. The van der Waals surface area contributed by atoms with E-state index in [4.69, 9.17) is 5.26 Å². The highest BCUT2D eigenvalue weighted by atomic mass is 32.1. The van der Waals surface area contributed by atoms with Crippen molar-refractivity contribution in [3.63, 3.8) is 0 Å². The van der Waals surface area contributed by atoms with E-state index in [-0.39, 0.29) is 0 Å². The third-order valence-corrected chi connectivity index (χ3v) is 3.67. The first-order valence-corrected chi connectivity index (χ1v) is 6.71. The van der Waals surface area contributed by atoms with Crippen molar-refractivity contribution >= 4 is 11.3 Å². The number of likely N-dealkylation sites (N-methyl/N-ethyl adjacent to an activating group) is 1. The monoisotopic (exact) mass is 251 g/mol. The summed E-state index contributed by atoms with van der Waals surface area (Å²) >= 11 is 1.57. The van der Waals surface area contributed by atoms with Crippen LogP contribution in [0, 0.1) is 17.2 Å². The summed E-state index contributed by atoms with van der Waals surface area (Å²) in [6.07, 6.45) is 0. The molecule has 1 heterocycles. The lowest BCUT2D eigenvalue weighted by atomic mass is 10.0. The van der Waals surface area contributed by atoms with E-state index in [9.17, 15) is 0 Å². The van der Waals surface area contributed by atoms with Crippen LogP contribution < -0.4 is 5.32 Å². The first kappa shape index (κ1) is 14.2. The molecule has 1 N–H and O–H groups in total. The molecule has 1 aromatic heterocycles. The molecule has 0 aromatic carbocycles. The van der Waals surface area contributed by atoms with Crippen molar-refractivity contribution in [3.05, 3.63) is 21.9 Å². The maximum absolute atomic E-state index is 8.77. The molecule has 0 aliphatic rings. The lowest BCUT2D eigenvalue weighted by Crippen LogP contribution is -2.41. The summed E-state index contributed by atoms with van der Waals surface area (Å²) < 4.78 is 0. The van der Waals surface area contributed by atoms with Crippen LogP contribution in [-0.2, 0) is 6.54 Å². The molecular weight excluding hydrogens is 230 g/mol. The lowest BCUT2D eigenvalue weighted by Gasteiger charge is -2.25. The standard InChI is InChI=1S/C13H21N3S/c1-10(2)13(9-16(3)4)15-8-12-6-5-11(7-14)17-12/h5-6,10,13,15H,8-9H2,1-4H3. The van der Waals surface area contributed by atoms with Crippen molar-refractivity contribution in [2.24, 2.45) is 5.92 Å². The van der Waals surface area contributed by atoms with Crippen LogP contribution in [0.15, 0.2) is 12.1 Å². The molecule has 0 aliphatic heterocycles. The van der Waals surface area contributed by atoms with Crippen LogP contribution in [0.3, 0.4) is 0 Å². The minimum Gasteiger partial charge on any atom is -0.308 e. The zero-order chi connectivity index (χ0) is 12.8. The van der Waals surface area contributed by atoms with Crippen LogP contribution in [0.2, 0.25) is 0 Å². The van der Waals surface area contributed by atoms with Gasteiger partial charge in [-0.25, -0.2) is 0 Å². The molecule has 0 radical (unpaired) electrons. The highest BCUT2D eigenvalue weighted by molar-refractivity contribution is 7.12. The largest absolute Gasteiger partial charge is 0.308 e. The Morgan fingerprint density at radius 3 is 2.59 bits per heavy atom. The van der Waals surface area contributed by atoms with Crippen molar-refractivity contribution in [2.75, 3.05) is 20.6 Å². The molecule has 0 amide bonds. The van der Waals surface area contributed by atoms with E-state index < -0.39 is 0 Å². The second-order valence-electron chi connectivity index (χ2n) is 4.87. The highest BCUT2D eigenvalue weighted by Crippen LogP contribution is 2.15. The van der Waals surface area contributed by atoms with Gasteiger partial charge in [-0.05, 0) is 32.1 Å². The van der Waals surface area contributed by atoms with Crippen LogP contribution in [0.5, 0.6) is 0 Å². The molecule has 4 heteroatoms. The summed E-state index contributed by atoms with van der Waals surface area (Å²) in [7, 11) is 4.19. The topological polar surface area (TPSA) is 39.1 Å².